The van der Waals surface area contributed by atoms with E-state index in [0.29, 0.717) is 5.92 Å². The largest absolute Gasteiger partial charge is 1.00 e. The molecular formula is C7H11LiS. The Bertz CT molecular complexity index is 149. The molecule has 0 N–H and O–H groups in total. The van der Waals surface area contributed by atoms with Gasteiger partial charge in [-0.1, -0.05) is 19.9 Å². The molecule has 0 saturated heterocycles. The molecule has 1 aromatic heterocycles. The van der Waals surface area contributed by atoms with Gasteiger partial charge in [0.05, 0.1) is 0 Å². The van der Waals surface area contributed by atoms with Crippen LogP contribution in [0.4, 0.5) is 0 Å². The Morgan fingerprint density at radius 3 is 2.44 bits per heavy atom. The van der Waals surface area contributed by atoms with E-state index >= 15 is 0 Å². The van der Waals surface area contributed by atoms with Crippen LogP contribution in [0.25, 0.3) is 0 Å². The average molecular weight is 134 g/mol. The van der Waals surface area contributed by atoms with Gasteiger partial charge in [0.1, 0.15) is 0 Å². The molecule has 0 saturated carbocycles. The van der Waals surface area contributed by atoms with Crippen molar-refractivity contribution in [3.8, 4) is 0 Å². The molecule has 0 radical (unpaired) electrons. The minimum absolute atomic E-state index is 0. The normalized spacial score (nSPS) is 9.22. The Morgan fingerprint density at radius 1 is 1.56 bits per heavy atom. The van der Waals surface area contributed by atoms with Crippen LogP contribution < -0.4 is 18.9 Å². The van der Waals surface area contributed by atoms with Crippen LogP contribution in [0, 0.1) is 0 Å². The van der Waals surface area contributed by atoms with Crippen LogP contribution in [0.2, 0.25) is 0 Å². The molecular weight excluding hydrogens is 123 g/mol. The van der Waals surface area contributed by atoms with Gasteiger partial charge in [-0.3, -0.25) is 0 Å². The van der Waals surface area contributed by atoms with Crippen LogP contribution in [0.5, 0.6) is 0 Å². The van der Waals surface area contributed by atoms with E-state index in [9.17, 15) is 0 Å². The van der Waals surface area contributed by atoms with Crippen LogP contribution in [0.1, 0.15) is 26.1 Å². The molecule has 0 spiro atoms. The Kier molecular flexibility index (Phi) is 4.30. The van der Waals surface area contributed by atoms with Gasteiger partial charge in [-0.05, 0) is 17.4 Å². The fourth-order valence-electron chi connectivity index (χ4n) is 0.620. The van der Waals surface area contributed by atoms with E-state index in [1.165, 1.54) is 4.88 Å². The first-order chi connectivity index (χ1) is 3.80. The van der Waals surface area contributed by atoms with Crippen LogP contribution in [0.3, 0.4) is 0 Å². The van der Waals surface area contributed by atoms with Gasteiger partial charge < -0.3 is 1.43 Å². The summed E-state index contributed by atoms with van der Waals surface area (Å²) in [4.78, 5) is 1.48. The molecule has 9 heavy (non-hydrogen) atoms. The predicted octanol–water partition coefficient (Wildman–Crippen LogP) is -0.0120. The summed E-state index contributed by atoms with van der Waals surface area (Å²) < 4.78 is 0. The number of hydrogen-bond donors (Lipinski definition) is 0. The quantitative estimate of drug-likeness (QED) is 0.474. The summed E-state index contributed by atoms with van der Waals surface area (Å²) in [6.45, 7) is 4.43. The first-order valence-corrected chi connectivity index (χ1v) is 3.72. The molecule has 0 nitrogen and oxygen atoms in total. The molecule has 2 heteroatoms. The monoisotopic (exact) mass is 134 g/mol. The summed E-state index contributed by atoms with van der Waals surface area (Å²) in [7, 11) is 0. The number of thiophene rings is 1. The fraction of sp³-hybridized carbons (Fsp3) is 0.429. The van der Waals surface area contributed by atoms with Crippen molar-refractivity contribution in [2.45, 2.75) is 19.8 Å². The van der Waals surface area contributed by atoms with Gasteiger partial charge in [-0.2, -0.15) is 0 Å². The third-order valence-electron chi connectivity index (χ3n) is 1.11. The molecule has 46 valence electrons. The second kappa shape index (κ2) is 4.17. The Balaban J connectivity index is 0. The summed E-state index contributed by atoms with van der Waals surface area (Å²) in [6, 6.07) is 4.27. The van der Waals surface area contributed by atoms with E-state index in [1.807, 2.05) is 11.3 Å². The first-order valence-electron chi connectivity index (χ1n) is 2.84. The number of hydrogen-bond acceptors (Lipinski definition) is 1. The van der Waals surface area contributed by atoms with Crippen LogP contribution >= 0.6 is 11.3 Å². The maximum Gasteiger partial charge on any atom is 1.00 e. The minimum atomic E-state index is 0. The average Bonchev–Trinajstić information content (AvgIpc) is 2.12. The van der Waals surface area contributed by atoms with Crippen molar-refractivity contribution in [1.82, 2.24) is 0 Å². The Morgan fingerprint density at radius 2 is 2.22 bits per heavy atom. The molecule has 0 aromatic carbocycles. The smallest absolute Gasteiger partial charge is 1.00 e. The van der Waals surface area contributed by atoms with Crippen molar-refractivity contribution < 1.29 is 20.3 Å². The van der Waals surface area contributed by atoms with Gasteiger partial charge in [0, 0.05) is 4.88 Å². The first kappa shape index (κ1) is 9.30. The second-order valence-corrected chi connectivity index (χ2v) is 3.15. The van der Waals surface area contributed by atoms with Crippen molar-refractivity contribution in [2.75, 3.05) is 0 Å². The molecule has 1 heterocycles. The molecule has 1 rings (SSSR count). The zero-order valence-corrected chi connectivity index (χ0v) is 7.03. The maximum absolute atomic E-state index is 2.21. The summed E-state index contributed by atoms with van der Waals surface area (Å²) in [5.41, 5.74) is 0. The van der Waals surface area contributed by atoms with E-state index < -0.39 is 0 Å². The van der Waals surface area contributed by atoms with E-state index in [0.717, 1.165) is 0 Å². The van der Waals surface area contributed by atoms with Crippen molar-refractivity contribution in [3.05, 3.63) is 22.4 Å². The van der Waals surface area contributed by atoms with Crippen LogP contribution in [0.15, 0.2) is 17.5 Å². The standard InChI is InChI=1S/C7H10S.Li.H/c1-6(2)7-4-3-5-8-7;;/h3-6H,1-2H3;;/q;+1;-1. The zero-order valence-electron chi connectivity index (χ0n) is 7.22. The Hall–Kier alpha value is 0.297. The van der Waals surface area contributed by atoms with E-state index in [1.54, 1.807) is 0 Å². The van der Waals surface area contributed by atoms with Gasteiger partial charge in [-0.25, -0.2) is 0 Å². The maximum atomic E-state index is 2.21. The topological polar surface area (TPSA) is 0 Å². The van der Waals surface area contributed by atoms with Crippen molar-refractivity contribution in [2.24, 2.45) is 0 Å². The van der Waals surface area contributed by atoms with Crippen LogP contribution in [-0.2, 0) is 0 Å². The summed E-state index contributed by atoms with van der Waals surface area (Å²) in [5, 5.41) is 2.12. The fourth-order valence-corrected chi connectivity index (χ4v) is 1.36. The van der Waals surface area contributed by atoms with E-state index in [4.69, 9.17) is 0 Å². The Labute approximate surface area is 73.9 Å². The zero-order chi connectivity index (χ0) is 5.98. The van der Waals surface area contributed by atoms with Crippen molar-refractivity contribution >= 4 is 11.3 Å². The van der Waals surface area contributed by atoms with Gasteiger partial charge >= 0.3 is 18.9 Å². The van der Waals surface area contributed by atoms with E-state index in [-0.39, 0.29) is 20.3 Å². The third-order valence-corrected chi connectivity index (χ3v) is 2.29. The molecule has 0 aliphatic heterocycles. The molecule has 0 atom stereocenters. The summed E-state index contributed by atoms with van der Waals surface area (Å²) >= 11 is 1.83. The van der Waals surface area contributed by atoms with Crippen molar-refractivity contribution in [3.63, 3.8) is 0 Å². The second-order valence-electron chi connectivity index (χ2n) is 2.17. The van der Waals surface area contributed by atoms with Gasteiger partial charge in [-0.15, -0.1) is 11.3 Å². The molecule has 0 unspecified atom stereocenters. The SMILES string of the molecule is CC(C)c1cccs1.[H-].[Li+]. The predicted molar refractivity (Wildman–Crippen MR) is 39.5 cm³/mol. The molecule has 0 bridgehead atoms. The van der Waals surface area contributed by atoms with E-state index in [2.05, 4.69) is 31.4 Å². The van der Waals surface area contributed by atoms with Crippen molar-refractivity contribution in [1.29, 1.82) is 0 Å². The molecule has 0 aliphatic rings. The van der Waals surface area contributed by atoms with Gasteiger partial charge in [0.25, 0.3) is 0 Å². The molecule has 0 fully saturated rings. The van der Waals surface area contributed by atoms with Gasteiger partial charge in [0.2, 0.25) is 0 Å². The third kappa shape index (κ3) is 2.58. The minimum Gasteiger partial charge on any atom is -1.00 e. The summed E-state index contributed by atoms with van der Waals surface area (Å²) in [6.07, 6.45) is 0. The van der Waals surface area contributed by atoms with Crippen LogP contribution in [-0.4, -0.2) is 0 Å². The molecule has 0 amide bonds. The number of rotatable bonds is 1. The molecule has 0 aliphatic carbocycles. The van der Waals surface area contributed by atoms with Gasteiger partial charge in [0.15, 0.2) is 0 Å². The molecule has 1 aromatic rings. The summed E-state index contributed by atoms with van der Waals surface area (Å²) in [5.74, 6) is 0.704.